The van der Waals surface area contributed by atoms with Gasteiger partial charge in [-0.2, -0.15) is 0 Å². The van der Waals surface area contributed by atoms with Gasteiger partial charge < -0.3 is 4.74 Å². The van der Waals surface area contributed by atoms with Crippen LogP contribution in [0, 0.1) is 0 Å². The molecule has 1 aliphatic rings. The number of hydrogen-bond donors (Lipinski definition) is 0. The third-order valence-corrected chi connectivity index (χ3v) is 2.39. The monoisotopic (exact) mass is 194 g/mol. The van der Waals surface area contributed by atoms with Crippen molar-refractivity contribution in [3.8, 4) is 0 Å². The van der Waals surface area contributed by atoms with Gasteiger partial charge in [-0.1, -0.05) is 17.2 Å². The molecule has 0 aromatic heterocycles. The molecule has 0 bridgehead atoms. The van der Waals surface area contributed by atoms with Gasteiger partial charge in [0, 0.05) is 6.08 Å². The lowest BCUT2D eigenvalue weighted by atomic mass is 10.1. The van der Waals surface area contributed by atoms with Crippen molar-refractivity contribution in [2.45, 2.75) is 39.5 Å². The van der Waals surface area contributed by atoms with Crippen LogP contribution >= 0.6 is 0 Å². The number of allylic oxidation sites excluding steroid dienone is 3. The Morgan fingerprint density at radius 3 is 3.07 bits per heavy atom. The fourth-order valence-electron chi connectivity index (χ4n) is 1.59. The van der Waals surface area contributed by atoms with Gasteiger partial charge in [0.1, 0.15) is 0 Å². The average molecular weight is 194 g/mol. The van der Waals surface area contributed by atoms with Gasteiger partial charge in [-0.25, -0.2) is 4.79 Å². The number of carbonyl (C=O) groups is 1. The zero-order valence-corrected chi connectivity index (χ0v) is 9.01. The maximum Gasteiger partial charge on any atom is 0.330 e. The molecule has 0 heterocycles. The van der Waals surface area contributed by atoms with Crippen LogP contribution in [-0.4, -0.2) is 12.6 Å². The lowest BCUT2D eigenvalue weighted by Crippen LogP contribution is -2.00. The molecule has 0 aliphatic heterocycles. The van der Waals surface area contributed by atoms with Gasteiger partial charge >= 0.3 is 5.97 Å². The molecule has 1 aliphatic carbocycles. The first-order valence-electron chi connectivity index (χ1n) is 5.24. The second kappa shape index (κ2) is 5.63. The van der Waals surface area contributed by atoms with Crippen LogP contribution in [0.1, 0.15) is 39.5 Å². The number of rotatable bonds is 2. The number of ether oxygens (including phenoxy) is 1. The lowest BCUT2D eigenvalue weighted by Gasteiger charge is -2.01. The molecule has 0 spiro atoms. The highest BCUT2D eigenvalue weighted by Gasteiger charge is 2.05. The molecule has 0 amide bonds. The number of esters is 1. The van der Waals surface area contributed by atoms with E-state index in [2.05, 4.69) is 13.0 Å². The SMILES string of the molecule is CCOC(=O)/C=C1\CC=C(C)CCC1. The van der Waals surface area contributed by atoms with Gasteiger partial charge in [0.05, 0.1) is 6.61 Å². The van der Waals surface area contributed by atoms with E-state index in [0.29, 0.717) is 6.61 Å². The van der Waals surface area contributed by atoms with Crippen LogP contribution in [0.2, 0.25) is 0 Å². The van der Waals surface area contributed by atoms with Crippen molar-refractivity contribution in [3.05, 3.63) is 23.3 Å². The molecule has 0 aromatic rings. The maximum atomic E-state index is 11.2. The van der Waals surface area contributed by atoms with Gasteiger partial charge in [0.25, 0.3) is 0 Å². The average Bonchev–Trinajstić information content (AvgIpc) is 2.32. The van der Waals surface area contributed by atoms with E-state index >= 15 is 0 Å². The van der Waals surface area contributed by atoms with Crippen LogP contribution in [0.25, 0.3) is 0 Å². The second-order valence-corrected chi connectivity index (χ2v) is 3.66. The second-order valence-electron chi connectivity index (χ2n) is 3.66. The fourth-order valence-corrected chi connectivity index (χ4v) is 1.59. The third kappa shape index (κ3) is 3.77. The molecular weight excluding hydrogens is 176 g/mol. The summed E-state index contributed by atoms with van der Waals surface area (Å²) >= 11 is 0. The van der Waals surface area contributed by atoms with Gasteiger partial charge in [-0.15, -0.1) is 0 Å². The predicted molar refractivity (Wildman–Crippen MR) is 56.9 cm³/mol. The molecular formula is C12H18O2. The summed E-state index contributed by atoms with van der Waals surface area (Å²) in [6.07, 6.45) is 8.09. The van der Waals surface area contributed by atoms with Gasteiger partial charge in [0.2, 0.25) is 0 Å². The van der Waals surface area contributed by atoms with Gasteiger partial charge in [-0.05, 0) is 39.5 Å². The predicted octanol–water partition coefficient (Wildman–Crippen LogP) is 3.00. The van der Waals surface area contributed by atoms with Crippen LogP contribution in [-0.2, 0) is 9.53 Å². The quantitative estimate of drug-likeness (QED) is 0.384. The van der Waals surface area contributed by atoms with Crippen LogP contribution < -0.4 is 0 Å². The van der Waals surface area contributed by atoms with E-state index in [-0.39, 0.29) is 5.97 Å². The van der Waals surface area contributed by atoms with E-state index in [1.807, 2.05) is 6.92 Å². The highest BCUT2D eigenvalue weighted by molar-refractivity contribution is 5.82. The zero-order valence-electron chi connectivity index (χ0n) is 9.01. The van der Waals surface area contributed by atoms with Crippen molar-refractivity contribution in [1.82, 2.24) is 0 Å². The van der Waals surface area contributed by atoms with Crippen molar-refractivity contribution in [3.63, 3.8) is 0 Å². The highest BCUT2D eigenvalue weighted by Crippen LogP contribution is 2.21. The third-order valence-electron chi connectivity index (χ3n) is 2.39. The molecule has 78 valence electrons. The Labute approximate surface area is 85.6 Å². The topological polar surface area (TPSA) is 26.3 Å². The van der Waals surface area contributed by atoms with E-state index in [9.17, 15) is 4.79 Å². The van der Waals surface area contributed by atoms with Crippen molar-refractivity contribution in [2.75, 3.05) is 6.61 Å². The minimum atomic E-state index is -0.199. The van der Waals surface area contributed by atoms with Gasteiger partial charge in [0.15, 0.2) is 0 Å². The number of hydrogen-bond acceptors (Lipinski definition) is 2. The molecule has 0 unspecified atom stereocenters. The highest BCUT2D eigenvalue weighted by atomic mass is 16.5. The summed E-state index contributed by atoms with van der Waals surface area (Å²) in [7, 11) is 0. The van der Waals surface area contributed by atoms with Crippen LogP contribution in [0.5, 0.6) is 0 Å². The summed E-state index contributed by atoms with van der Waals surface area (Å²) in [6.45, 7) is 4.43. The molecule has 2 nitrogen and oxygen atoms in total. The van der Waals surface area contributed by atoms with Crippen molar-refractivity contribution < 1.29 is 9.53 Å². The minimum Gasteiger partial charge on any atom is -0.463 e. The molecule has 0 fully saturated rings. The van der Waals surface area contributed by atoms with E-state index in [1.165, 1.54) is 11.1 Å². The Bertz CT molecular complexity index is 261. The minimum absolute atomic E-state index is 0.199. The van der Waals surface area contributed by atoms with Crippen LogP contribution in [0.15, 0.2) is 23.3 Å². The first-order chi connectivity index (χ1) is 6.72. The van der Waals surface area contributed by atoms with E-state index in [1.54, 1.807) is 6.08 Å². The fraction of sp³-hybridized carbons (Fsp3) is 0.583. The molecule has 1 rings (SSSR count). The zero-order chi connectivity index (χ0) is 10.4. The van der Waals surface area contributed by atoms with Gasteiger partial charge in [-0.3, -0.25) is 0 Å². The van der Waals surface area contributed by atoms with Crippen molar-refractivity contribution >= 4 is 5.97 Å². The lowest BCUT2D eigenvalue weighted by molar-refractivity contribution is -0.137. The summed E-state index contributed by atoms with van der Waals surface area (Å²) in [5, 5.41) is 0. The van der Waals surface area contributed by atoms with E-state index in [0.717, 1.165) is 25.7 Å². The molecule has 0 radical (unpaired) electrons. The summed E-state index contributed by atoms with van der Waals surface area (Å²) in [5.41, 5.74) is 2.62. The normalized spacial score (nSPS) is 20.1. The summed E-state index contributed by atoms with van der Waals surface area (Å²) in [6, 6.07) is 0. The van der Waals surface area contributed by atoms with Crippen molar-refractivity contribution in [1.29, 1.82) is 0 Å². The molecule has 0 saturated carbocycles. The Morgan fingerprint density at radius 1 is 1.57 bits per heavy atom. The first-order valence-corrected chi connectivity index (χ1v) is 5.24. The molecule has 0 aromatic carbocycles. The summed E-state index contributed by atoms with van der Waals surface area (Å²) in [4.78, 5) is 11.2. The smallest absolute Gasteiger partial charge is 0.330 e. The Morgan fingerprint density at radius 2 is 2.36 bits per heavy atom. The molecule has 14 heavy (non-hydrogen) atoms. The Balaban J connectivity index is 2.55. The standard InChI is InChI=1S/C12H18O2/c1-3-14-12(13)9-11-6-4-5-10(2)7-8-11/h7,9H,3-6,8H2,1-2H3/b11-9-. The number of carbonyl (C=O) groups excluding carboxylic acids is 1. The summed E-state index contributed by atoms with van der Waals surface area (Å²) in [5.74, 6) is -0.199. The van der Waals surface area contributed by atoms with Crippen molar-refractivity contribution in [2.24, 2.45) is 0 Å². The van der Waals surface area contributed by atoms with Crippen LogP contribution in [0.4, 0.5) is 0 Å². The molecule has 0 N–H and O–H groups in total. The Kier molecular flexibility index (Phi) is 4.44. The largest absolute Gasteiger partial charge is 0.463 e. The first kappa shape index (κ1) is 11.0. The molecule has 0 saturated heterocycles. The molecule has 2 heteroatoms. The Hall–Kier alpha value is -1.05. The van der Waals surface area contributed by atoms with E-state index in [4.69, 9.17) is 4.74 Å². The summed E-state index contributed by atoms with van der Waals surface area (Å²) < 4.78 is 4.88. The van der Waals surface area contributed by atoms with Crippen LogP contribution in [0.3, 0.4) is 0 Å². The molecule has 0 atom stereocenters. The van der Waals surface area contributed by atoms with E-state index < -0.39 is 0 Å². The maximum absolute atomic E-state index is 11.2.